The number of nitrogens with zero attached hydrogens (tertiary/aromatic N) is 1. The first kappa shape index (κ1) is 5.69. The van der Waals surface area contributed by atoms with Crippen molar-refractivity contribution in [1.82, 2.24) is 10.2 Å². The van der Waals surface area contributed by atoms with Crippen molar-refractivity contribution in [1.29, 1.82) is 0 Å². The summed E-state index contributed by atoms with van der Waals surface area (Å²) >= 11 is 0. The Balaban J connectivity index is 1.90. The van der Waals surface area contributed by atoms with Crippen molar-refractivity contribution in [2.45, 2.75) is 32.0 Å². The number of fused-ring (bicyclic) bond motifs is 1. The van der Waals surface area contributed by atoms with Crippen LogP contribution in [0.2, 0.25) is 0 Å². The predicted molar refractivity (Wildman–Crippen MR) is 37.4 cm³/mol. The van der Waals surface area contributed by atoms with Crippen LogP contribution in [-0.2, 0) is 0 Å². The van der Waals surface area contributed by atoms with Crippen LogP contribution in [0.1, 0.15) is 13.8 Å². The minimum atomic E-state index is 0.758. The quantitative estimate of drug-likeness (QED) is 0.534. The highest BCUT2D eigenvalue weighted by Crippen LogP contribution is 2.26. The summed E-state index contributed by atoms with van der Waals surface area (Å²) in [7, 11) is 0. The van der Waals surface area contributed by atoms with Gasteiger partial charge in [-0.25, -0.2) is 0 Å². The maximum Gasteiger partial charge on any atom is 0.0390 e. The molecule has 0 aliphatic carbocycles. The lowest BCUT2D eigenvalue weighted by molar-refractivity contribution is -0.0395. The zero-order valence-electron chi connectivity index (χ0n) is 6.09. The number of hydrogen-bond donors (Lipinski definition) is 1. The van der Waals surface area contributed by atoms with Crippen LogP contribution < -0.4 is 5.32 Å². The summed E-state index contributed by atoms with van der Waals surface area (Å²) in [6, 6.07) is 2.51. The maximum atomic E-state index is 3.39. The van der Waals surface area contributed by atoms with Crippen LogP contribution in [0.5, 0.6) is 0 Å². The summed E-state index contributed by atoms with van der Waals surface area (Å²) in [5.74, 6) is 0. The first-order valence-electron chi connectivity index (χ1n) is 3.78. The lowest BCUT2D eigenvalue weighted by atomic mass is 9.87. The van der Waals surface area contributed by atoms with Crippen LogP contribution in [0.15, 0.2) is 0 Å². The van der Waals surface area contributed by atoms with Gasteiger partial charge in [-0.1, -0.05) is 0 Å². The minimum absolute atomic E-state index is 0.758. The van der Waals surface area contributed by atoms with Crippen LogP contribution in [0.25, 0.3) is 0 Å². The van der Waals surface area contributed by atoms with E-state index in [-0.39, 0.29) is 0 Å². The van der Waals surface area contributed by atoms with Gasteiger partial charge in [-0.05, 0) is 13.8 Å². The molecular formula is C7H14N2. The second kappa shape index (κ2) is 1.70. The third kappa shape index (κ3) is 0.634. The Kier molecular flexibility index (Phi) is 1.08. The molecule has 0 radical (unpaired) electrons. The van der Waals surface area contributed by atoms with Crippen LogP contribution in [0.4, 0.5) is 0 Å². The normalized spacial score (nSPS) is 41.7. The molecule has 2 heteroatoms. The van der Waals surface area contributed by atoms with Crippen molar-refractivity contribution < 1.29 is 0 Å². The molecule has 2 unspecified atom stereocenters. The molecule has 2 aliphatic heterocycles. The topological polar surface area (TPSA) is 15.3 Å². The number of rotatable bonds is 1. The fourth-order valence-corrected chi connectivity index (χ4v) is 1.74. The number of piperazine rings is 1. The number of hydrogen-bond acceptors (Lipinski definition) is 2. The van der Waals surface area contributed by atoms with Gasteiger partial charge >= 0.3 is 0 Å². The van der Waals surface area contributed by atoms with Crippen molar-refractivity contribution >= 4 is 0 Å². The van der Waals surface area contributed by atoms with Crippen LogP contribution in [0, 0.1) is 0 Å². The van der Waals surface area contributed by atoms with Crippen molar-refractivity contribution in [3.8, 4) is 0 Å². The molecule has 2 nitrogen and oxygen atoms in total. The molecule has 2 fully saturated rings. The van der Waals surface area contributed by atoms with Crippen LogP contribution in [0.3, 0.4) is 0 Å². The monoisotopic (exact) mass is 126 g/mol. The fraction of sp³-hybridized carbons (Fsp3) is 1.00. The molecule has 0 amide bonds. The Labute approximate surface area is 56.2 Å². The minimum Gasteiger partial charge on any atom is -0.310 e. The third-order valence-electron chi connectivity index (χ3n) is 2.55. The zero-order chi connectivity index (χ0) is 6.43. The Morgan fingerprint density at radius 2 is 2.33 bits per heavy atom. The second-order valence-corrected chi connectivity index (χ2v) is 3.37. The van der Waals surface area contributed by atoms with Crippen molar-refractivity contribution in [2.75, 3.05) is 13.1 Å². The molecule has 2 heterocycles. The smallest absolute Gasteiger partial charge is 0.0390 e. The second-order valence-electron chi connectivity index (χ2n) is 3.37. The zero-order valence-corrected chi connectivity index (χ0v) is 6.09. The average Bonchev–Trinajstić information content (AvgIpc) is 1.76. The molecule has 0 aromatic carbocycles. The van der Waals surface area contributed by atoms with E-state index in [1.165, 1.54) is 13.1 Å². The summed E-state index contributed by atoms with van der Waals surface area (Å²) in [5.41, 5.74) is 0. The third-order valence-corrected chi connectivity index (χ3v) is 2.55. The Morgan fingerprint density at radius 1 is 1.56 bits per heavy atom. The standard InChI is InChI=1S/C7H14N2/c1-5(2)9-4-6-7(9)3-8-6/h5-8H,3-4H2,1-2H3. The fourth-order valence-electron chi connectivity index (χ4n) is 1.74. The summed E-state index contributed by atoms with van der Waals surface area (Å²) in [6.07, 6.45) is 0. The highest BCUT2D eigenvalue weighted by Gasteiger charge is 2.45. The average molecular weight is 126 g/mol. The molecule has 52 valence electrons. The van der Waals surface area contributed by atoms with Crippen molar-refractivity contribution in [3.05, 3.63) is 0 Å². The van der Waals surface area contributed by atoms with Gasteiger partial charge in [0.25, 0.3) is 0 Å². The molecule has 0 saturated carbocycles. The Bertz CT molecular complexity index is 122. The van der Waals surface area contributed by atoms with Gasteiger partial charge in [-0.15, -0.1) is 0 Å². The lowest BCUT2D eigenvalue weighted by Crippen LogP contribution is -2.78. The largest absolute Gasteiger partial charge is 0.310 e. The molecule has 2 aliphatic rings. The molecule has 0 spiro atoms. The molecule has 2 atom stereocenters. The predicted octanol–water partition coefficient (Wildman–Crippen LogP) is 0.0508. The van der Waals surface area contributed by atoms with E-state index in [2.05, 4.69) is 24.1 Å². The molecule has 2 rings (SSSR count). The molecule has 0 bridgehead atoms. The SMILES string of the molecule is CC(C)N1CC2NCC21. The molecule has 0 aromatic heterocycles. The van der Waals surface area contributed by atoms with E-state index < -0.39 is 0 Å². The Morgan fingerprint density at radius 3 is 2.44 bits per heavy atom. The molecule has 9 heavy (non-hydrogen) atoms. The summed E-state index contributed by atoms with van der Waals surface area (Å²) in [6.45, 7) is 7.05. The van der Waals surface area contributed by atoms with E-state index >= 15 is 0 Å². The molecular weight excluding hydrogens is 112 g/mol. The van der Waals surface area contributed by atoms with Crippen molar-refractivity contribution in [3.63, 3.8) is 0 Å². The first-order chi connectivity index (χ1) is 4.29. The highest BCUT2D eigenvalue weighted by atomic mass is 15.4. The van der Waals surface area contributed by atoms with Gasteiger partial charge in [0.05, 0.1) is 0 Å². The Hall–Kier alpha value is -0.0800. The highest BCUT2D eigenvalue weighted by molar-refractivity contribution is 5.07. The van der Waals surface area contributed by atoms with Crippen molar-refractivity contribution in [2.24, 2.45) is 0 Å². The summed E-state index contributed by atoms with van der Waals surface area (Å²) in [5, 5.41) is 3.39. The van der Waals surface area contributed by atoms with E-state index in [4.69, 9.17) is 0 Å². The lowest BCUT2D eigenvalue weighted by Gasteiger charge is -2.58. The van der Waals surface area contributed by atoms with E-state index in [1.807, 2.05) is 0 Å². The van der Waals surface area contributed by atoms with Gasteiger partial charge in [0, 0.05) is 31.2 Å². The molecule has 1 N–H and O–H groups in total. The molecule has 2 saturated heterocycles. The number of likely N-dealkylation sites (tertiary alicyclic amines) is 1. The van der Waals surface area contributed by atoms with E-state index in [9.17, 15) is 0 Å². The van der Waals surface area contributed by atoms with E-state index in [0.717, 1.165) is 18.1 Å². The summed E-state index contributed by atoms with van der Waals surface area (Å²) < 4.78 is 0. The number of nitrogens with one attached hydrogen (secondary N) is 1. The first-order valence-corrected chi connectivity index (χ1v) is 3.78. The van der Waals surface area contributed by atoms with Gasteiger partial charge in [-0.2, -0.15) is 0 Å². The maximum absolute atomic E-state index is 3.39. The van der Waals surface area contributed by atoms with Gasteiger partial charge in [0.2, 0.25) is 0 Å². The van der Waals surface area contributed by atoms with E-state index in [1.54, 1.807) is 0 Å². The van der Waals surface area contributed by atoms with Gasteiger partial charge in [0.1, 0.15) is 0 Å². The van der Waals surface area contributed by atoms with Gasteiger partial charge < -0.3 is 5.32 Å². The molecule has 0 aromatic rings. The summed E-state index contributed by atoms with van der Waals surface area (Å²) in [4.78, 5) is 2.56. The van der Waals surface area contributed by atoms with E-state index in [0.29, 0.717) is 0 Å². The van der Waals surface area contributed by atoms with Gasteiger partial charge in [-0.3, -0.25) is 4.90 Å². The van der Waals surface area contributed by atoms with Gasteiger partial charge in [0.15, 0.2) is 0 Å². The van der Waals surface area contributed by atoms with Crippen LogP contribution in [-0.4, -0.2) is 36.1 Å². The van der Waals surface area contributed by atoms with Crippen LogP contribution >= 0.6 is 0 Å².